The molecule has 0 aliphatic heterocycles. The fourth-order valence-corrected chi connectivity index (χ4v) is 2.88. The highest BCUT2D eigenvalue weighted by molar-refractivity contribution is 6.01. The predicted molar refractivity (Wildman–Crippen MR) is 57.1 cm³/mol. The van der Waals surface area contributed by atoms with Gasteiger partial charge >= 0.3 is 0 Å². The van der Waals surface area contributed by atoms with E-state index in [4.69, 9.17) is 0 Å². The summed E-state index contributed by atoms with van der Waals surface area (Å²) in [6.07, 6.45) is 3.42. The molecule has 14 heavy (non-hydrogen) atoms. The van der Waals surface area contributed by atoms with Crippen LogP contribution in [-0.4, -0.2) is 31.3 Å². The van der Waals surface area contributed by atoms with E-state index in [0.29, 0.717) is 11.7 Å². The number of ketones is 1. The van der Waals surface area contributed by atoms with Gasteiger partial charge in [0, 0.05) is 12.5 Å². The molecule has 78 valence electrons. The van der Waals surface area contributed by atoms with E-state index in [-0.39, 0.29) is 5.92 Å². The molecule has 0 saturated carbocycles. The molecule has 2 unspecified atom stereocenters. The molecule has 0 fully saturated rings. The Kier molecular flexibility index (Phi) is 2.48. The van der Waals surface area contributed by atoms with Gasteiger partial charge in [-0.1, -0.05) is 12.5 Å². The van der Waals surface area contributed by atoms with Crippen molar-refractivity contribution in [3.63, 3.8) is 0 Å². The van der Waals surface area contributed by atoms with Crippen LogP contribution >= 0.6 is 0 Å². The molecule has 0 aromatic carbocycles. The van der Waals surface area contributed by atoms with E-state index in [0.717, 1.165) is 13.0 Å². The summed E-state index contributed by atoms with van der Waals surface area (Å²) >= 11 is 0. The summed E-state index contributed by atoms with van der Waals surface area (Å²) in [5.41, 5.74) is 2.66. The van der Waals surface area contributed by atoms with E-state index < -0.39 is 0 Å². The summed E-state index contributed by atoms with van der Waals surface area (Å²) in [5.74, 6) is 1.19. The second-order valence-corrected chi connectivity index (χ2v) is 4.88. The van der Waals surface area contributed by atoms with Crippen LogP contribution in [-0.2, 0) is 4.79 Å². The SMILES string of the molecule is CC1C2=C(CCC2)C(=O)C1CN(C)C. The van der Waals surface area contributed by atoms with Crippen molar-refractivity contribution in [3.8, 4) is 0 Å². The minimum atomic E-state index is 0.246. The van der Waals surface area contributed by atoms with Gasteiger partial charge in [-0.25, -0.2) is 0 Å². The van der Waals surface area contributed by atoms with Gasteiger partial charge < -0.3 is 4.90 Å². The number of Topliss-reactive ketones (excluding diaryl/α,β-unsaturated/α-hetero) is 1. The van der Waals surface area contributed by atoms with Crippen molar-refractivity contribution in [2.45, 2.75) is 26.2 Å². The molecular formula is C12H19NO. The zero-order valence-corrected chi connectivity index (χ0v) is 9.34. The summed E-state index contributed by atoms with van der Waals surface area (Å²) in [4.78, 5) is 14.2. The molecule has 0 spiro atoms. The van der Waals surface area contributed by atoms with Gasteiger partial charge in [-0.05, 0) is 44.8 Å². The van der Waals surface area contributed by atoms with E-state index in [1.54, 1.807) is 0 Å². The smallest absolute Gasteiger partial charge is 0.163 e. The quantitative estimate of drug-likeness (QED) is 0.667. The molecule has 0 aromatic rings. The fourth-order valence-electron chi connectivity index (χ4n) is 2.88. The summed E-state index contributed by atoms with van der Waals surface area (Å²) in [5, 5.41) is 0. The molecule has 0 saturated heterocycles. The average Bonchev–Trinajstić information content (AvgIpc) is 2.65. The highest BCUT2D eigenvalue weighted by Crippen LogP contribution is 2.43. The first-order valence-corrected chi connectivity index (χ1v) is 5.52. The molecule has 0 N–H and O–H groups in total. The van der Waals surface area contributed by atoms with Crippen molar-refractivity contribution in [1.29, 1.82) is 0 Å². The minimum Gasteiger partial charge on any atom is -0.309 e. The van der Waals surface area contributed by atoms with Crippen LogP contribution in [0.1, 0.15) is 26.2 Å². The van der Waals surface area contributed by atoms with Crippen molar-refractivity contribution < 1.29 is 4.79 Å². The van der Waals surface area contributed by atoms with Gasteiger partial charge in [-0.3, -0.25) is 4.79 Å². The third-order valence-corrected chi connectivity index (χ3v) is 3.61. The molecule has 2 nitrogen and oxygen atoms in total. The van der Waals surface area contributed by atoms with E-state index in [9.17, 15) is 4.79 Å². The van der Waals surface area contributed by atoms with E-state index in [1.807, 2.05) is 14.1 Å². The maximum atomic E-state index is 12.0. The van der Waals surface area contributed by atoms with Crippen LogP contribution in [0, 0.1) is 11.8 Å². The summed E-state index contributed by atoms with van der Waals surface area (Å²) in [7, 11) is 4.09. The maximum Gasteiger partial charge on any atom is 0.163 e. The van der Waals surface area contributed by atoms with Crippen LogP contribution in [0.4, 0.5) is 0 Å². The monoisotopic (exact) mass is 193 g/mol. The van der Waals surface area contributed by atoms with Gasteiger partial charge in [0.25, 0.3) is 0 Å². The number of carbonyl (C=O) groups excluding carboxylic acids is 1. The normalized spacial score (nSPS) is 31.9. The lowest BCUT2D eigenvalue weighted by Gasteiger charge is -2.21. The van der Waals surface area contributed by atoms with E-state index in [1.165, 1.54) is 24.0 Å². The number of allylic oxidation sites excluding steroid dienone is 2. The van der Waals surface area contributed by atoms with Crippen LogP contribution in [0.3, 0.4) is 0 Å². The number of rotatable bonds is 2. The van der Waals surface area contributed by atoms with Crippen LogP contribution < -0.4 is 0 Å². The van der Waals surface area contributed by atoms with Crippen LogP contribution in [0.2, 0.25) is 0 Å². The van der Waals surface area contributed by atoms with Crippen molar-refractivity contribution in [1.82, 2.24) is 4.90 Å². The molecule has 2 aliphatic rings. The van der Waals surface area contributed by atoms with Crippen LogP contribution in [0.25, 0.3) is 0 Å². The maximum absolute atomic E-state index is 12.0. The third-order valence-electron chi connectivity index (χ3n) is 3.61. The Bertz CT molecular complexity index is 291. The lowest BCUT2D eigenvalue weighted by Crippen LogP contribution is -2.29. The largest absolute Gasteiger partial charge is 0.309 e. The second-order valence-electron chi connectivity index (χ2n) is 4.88. The molecule has 2 heteroatoms. The zero-order chi connectivity index (χ0) is 10.3. The highest BCUT2D eigenvalue weighted by atomic mass is 16.1. The Morgan fingerprint density at radius 2 is 2.07 bits per heavy atom. The Morgan fingerprint density at radius 3 is 2.64 bits per heavy atom. The highest BCUT2D eigenvalue weighted by Gasteiger charge is 2.40. The summed E-state index contributed by atoms with van der Waals surface area (Å²) < 4.78 is 0. The number of hydrogen-bond donors (Lipinski definition) is 0. The average molecular weight is 193 g/mol. The lowest BCUT2D eigenvalue weighted by molar-refractivity contribution is -0.119. The Labute approximate surface area is 86.0 Å². The Morgan fingerprint density at radius 1 is 1.36 bits per heavy atom. The molecular weight excluding hydrogens is 174 g/mol. The molecule has 2 aliphatic carbocycles. The summed E-state index contributed by atoms with van der Waals surface area (Å²) in [6, 6.07) is 0. The molecule has 0 aromatic heterocycles. The third kappa shape index (κ3) is 1.42. The van der Waals surface area contributed by atoms with Crippen molar-refractivity contribution >= 4 is 5.78 Å². The predicted octanol–water partition coefficient (Wildman–Crippen LogP) is 1.86. The van der Waals surface area contributed by atoms with Gasteiger partial charge in [0.1, 0.15) is 0 Å². The standard InChI is InChI=1S/C12H19NO/c1-8-9-5-4-6-10(9)12(14)11(8)7-13(2)3/h8,11H,4-7H2,1-3H3. The van der Waals surface area contributed by atoms with Crippen LogP contribution in [0.5, 0.6) is 0 Å². The number of hydrogen-bond acceptors (Lipinski definition) is 2. The topological polar surface area (TPSA) is 20.3 Å². The second kappa shape index (κ2) is 3.50. The first-order valence-electron chi connectivity index (χ1n) is 5.52. The number of carbonyl (C=O) groups is 1. The minimum absolute atomic E-state index is 0.246. The lowest BCUT2D eigenvalue weighted by atomic mass is 9.90. The van der Waals surface area contributed by atoms with E-state index in [2.05, 4.69) is 11.8 Å². The Hall–Kier alpha value is -0.630. The molecule has 2 rings (SSSR count). The fraction of sp³-hybridized carbons (Fsp3) is 0.750. The van der Waals surface area contributed by atoms with Gasteiger partial charge in [0.15, 0.2) is 5.78 Å². The van der Waals surface area contributed by atoms with Gasteiger partial charge in [0.05, 0.1) is 0 Å². The van der Waals surface area contributed by atoms with Crippen molar-refractivity contribution in [3.05, 3.63) is 11.1 Å². The first kappa shape index (κ1) is 9.91. The first-order chi connectivity index (χ1) is 6.61. The van der Waals surface area contributed by atoms with Crippen LogP contribution in [0.15, 0.2) is 11.1 Å². The molecule has 0 radical (unpaired) electrons. The van der Waals surface area contributed by atoms with Crippen molar-refractivity contribution in [2.24, 2.45) is 11.8 Å². The summed E-state index contributed by atoms with van der Waals surface area (Å²) in [6.45, 7) is 3.13. The van der Waals surface area contributed by atoms with Gasteiger partial charge in [-0.15, -0.1) is 0 Å². The molecule has 0 amide bonds. The van der Waals surface area contributed by atoms with E-state index >= 15 is 0 Å². The van der Waals surface area contributed by atoms with Gasteiger partial charge in [-0.2, -0.15) is 0 Å². The van der Waals surface area contributed by atoms with Crippen molar-refractivity contribution in [2.75, 3.05) is 20.6 Å². The molecule has 0 bridgehead atoms. The molecule has 2 atom stereocenters. The Balaban J connectivity index is 2.15. The molecule has 0 heterocycles. The zero-order valence-electron chi connectivity index (χ0n) is 9.34. The number of nitrogens with zero attached hydrogens (tertiary/aromatic N) is 1. The van der Waals surface area contributed by atoms with Gasteiger partial charge in [0.2, 0.25) is 0 Å².